The van der Waals surface area contributed by atoms with E-state index < -0.39 is 9.84 Å². The summed E-state index contributed by atoms with van der Waals surface area (Å²) in [7, 11) is -3.01. The van der Waals surface area contributed by atoms with E-state index in [1.165, 1.54) is 0 Å². The van der Waals surface area contributed by atoms with Gasteiger partial charge in [-0.2, -0.15) is 0 Å². The Labute approximate surface area is 88.5 Å². The molecule has 0 bridgehead atoms. The first kappa shape index (κ1) is 8.92. The van der Waals surface area contributed by atoms with Gasteiger partial charge in [0.25, 0.3) is 0 Å². The van der Waals surface area contributed by atoms with Gasteiger partial charge in [0, 0.05) is 0 Å². The zero-order valence-corrected chi connectivity index (χ0v) is 9.08. The molecule has 0 fully saturated rings. The molecule has 15 heavy (non-hydrogen) atoms. The Hall–Kier alpha value is -1.35. The molecular formula is C12H10O2S. The van der Waals surface area contributed by atoms with E-state index in [1.807, 2.05) is 30.3 Å². The standard InChI is InChI=1S/C12H10O2S/c1-8-11-6-9-4-2-3-5-10(9)7-12(11)15(8,13)14/h2-8H,1H3/t8-/m0/s1. The number of hydrogen-bond donors (Lipinski definition) is 0. The summed E-state index contributed by atoms with van der Waals surface area (Å²) < 4.78 is 23.4. The number of benzene rings is 2. The summed E-state index contributed by atoms with van der Waals surface area (Å²) in [5.74, 6) is 0. The highest BCUT2D eigenvalue weighted by Crippen LogP contribution is 2.44. The van der Waals surface area contributed by atoms with Crippen LogP contribution < -0.4 is 0 Å². The molecule has 1 heterocycles. The van der Waals surface area contributed by atoms with Gasteiger partial charge in [0.15, 0.2) is 9.84 Å². The van der Waals surface area contributed by atoms with Gasteiger partial charge in [-0.25, -0.2) is 8.42 Å². The maximum atomic E-state index is 11.7. The van der Waals surface area contributed by atoms with E-state index in [4.69, 9.17) is 0 Å². The third-order valence-electron chi connectivity index (χ3n) is 3.09. The fourth-order valence-electron chi connectivity index (χ4n) is 2.10. The smallest absolute Gasteiger partial charge is 0.185 e. The molecule has 1 atom stereocenters. The zero-order valence-electron chi connectivity index (χ0n) is 8.27. The van der Waals surface area contributed by atoms with Crippen molar-refractivity contribution in [3.63, 3.8) is 0 Å². The highest BCUT2D eigenvalue weighted by Gasteiger charge is 2.39. The molecule has 0 N–H and O–H groups in total. The molecule has 0 amide bonds. The molecule has 3 rings (SSSR count). The van der Waals surface area contributed by atoms with Gasteiger partial charge in [-0.15, -0.1) is 0 Å². The van der Waals surface area contributed by atoms with Crippen LogP contribution in [0.5, 0.6) is 0 Å². The fraction of sp³-hybridized carbons (Fsp3) is 0.167. The van der Waals surface area contributed by atoms with Crippen molar-refractivity contribution >= 4 is 20.6 Å². The Kier molecular flexibility index (Phi) is 1.55. The zero-order chi connectivity index (χ0) is 10.6. The van der Waals surface area contributed by atoms with Gasteiger partial charge in [-0.3, -0.25) is 0 Å². The van der Waals surface area contributed by atoms with Gasteiger partial charge in [0.1, 0.15) is 0 Å². The SMILES string of the molecule is C[C@H]1c2cc3ccccc3cc2S1(=O)=O. The Bertz CT molecular complexity index is 656. The van der Waals surface area contributed by atoms with Crippen molar-refractivity contribution in [2.75, 3.05) is 0 Å². The minimum Gasteiger partial charge on any atom is -0.223 e. The van der Waals surface area contributed by atoms with Crippen LogP contribution in [0.4, 0.5) is 0 Å². The molecule has 1 aliphatic heterocycles. The van der Waals surface area contributed by atoms with Gasteiger partial charge in [-0.1, -0.05) is 24.3 Å². The van der Waals surface area contributed by atoms with Crippen LogP contribution in [0.25, 0.3) is 10.8 Å². The molecule has 0 saturated carbocycles. The first-order chi connectivity index (χ1) is 7.10. The molecule has 76 valence electrons. The minimum absolute atomic E-state index is 0.336. The van der Waals surface area contributed by atoms with Crippen LogP contribution in [0.3, 0.4) is 0 Å². The van der Waals surface area contributed by atoms with Crippen LogP contribution in [0.2, 0.25) is 0 Å². The summed E-state index contributed by atoms with van der Waals surface area (Å²) in [6.07, 6.45) is 0. The summed E-state index contributed by atoms with van der Waals surface area (Å²) in [4.78, 5) is 0.508. The molecule has 3 heteroatoms. The van der Waals surface area contributed by atoms with E-state index in [-0.39, 0.29) is 5.25 Å². The first-order valence-electron chi connectivity index (χ1n) is 4.87. The summed E-state index contributed by atoms with van der Waals surface area (Å²) in [5.41, 5.74) is 0.953. The van der Waals surface area contributed by atoms with Gasteiger partial charge in [0.2, 0.25) is 0 Å². The summed E-state index contributed by atoms with van der Waals surface area (Å²) in [5, 5.41) is 1.77. The molecule has 0 radical (unpaired) electrons. The lowest BCUT2D eigenvalue weighted by Gasteiger charge is -2.27. The molecule has 0 aromatic heterocycles. The van der Waals surface area contributed by atoms with E-state index in [0.29, 0.717) is 4.90 Å². The van der Waals surface area contributed by atoms with Crippen molar-refractivity contribution < 1.29 is 8.42 Å². The second-order valence-electron chi connectivity index (χ2n) is 3.92. The summed E-state index contributed by atoms with van der Waals surface area (Å²) >= 11 is 0. The second kappa shape index (κ2) is 2.61. The quantitative estimate of drug-likeness (QED) is 0.681. The maximum Gasteiger partial charge on any atom is 0.185 e. The van der Waals surface area contributed by atoms with Crippen molar-refractivity contribution in [1.82, 2.24) is 0 Å². The van der Waals surface area contributed by atoms with Gasteiger partial charge < -0.3 is 0 Å². The minimum atomic E-state index is -3.01. The number of rotatable bonds is 0. The predicted octanol–water partition coefficient (Wildman–Crippen LogP) is 2.69. The maximum absolute atomic E-state index is 11.7. The van der Waals surface area contributed by atoms with Crippen molar-refractivity contribution in [2.45, 2.75) is 17.1 Å². The van der Waals surface area contributed by atoms with Crippen LogP contribution in [0.1, 0.15) is 17.7 Å². The Morgan fingerprint density at radius 2 is 1.67 bits per heavy atom. The topological polar surface area (TPSA) is 34.1 Å². The van der Waals surface area contributed by atoms with E-state index >= 15 is 0 Å². The fourth-order valence-corrected chi connectivity index (χ4v) is 3.68. The second-order valence-corrected chi connectivity index (χ2v) is 6.16. The van der Waals surface area contributed by atoms with E-state index in [2.05, 4.69) is 0 Å². The number of hydrogen-bond acceptors (Lipinski definition) is 2. The molecule has 1 aliphatic rings. The Morgan fingerprint density at radius 3 is 2.33 bits per heavy atom. The molecule has 0 aliphatic carbocycles. The monoisotopic (exact) mass is 218 g/mol. The third-order valence-corrected chi connectivity index (χ3v) is 5.24. The van der Waals surface area contributed by atoms with Crippen molar-refractivity contribution in [2.24, 2.45) is 0 Å². The van der Waals surface area contributed by atoms with E-state index in [9.17, 15) is 8.42 Å². The molecule has 2 aromatic rings. The van der Waals surface area contributed by atoms with Gasteiger partial charge in [0.05, 0.1) is 10.1 Å². The van der Waals surface area contributed by atoms with Crippen LogP contribution >= 0.6 is 0 Å². The van der Waals surface area contributed by atoms with Crippen LogP contribution in [0.15, 0.2) is 41.3 Å². The van der Waals surface area contributed by atoms with Gasteiger partial charge >= 0.3 is 0 Å². The molecule has 0 spiro atoms. The van der Waals surface area contributed by atoms with Crippen molar-refractivity contribution in [1.29, 1.82) is 0 Å². The average Bonchev–Trinajstić information content (AvgIpc) is 2.27. The molecule has 2 aromatic carbocycles. The highest BCUT2D eigenvalue weighted by atomic mass is 32.2. The Balaban J connectivity index is 2.42. The lowest BCUT2D eigenvalue weighted by molar-refractivity contribution is 0.572. The lowest BCUT2D eigenvalue weighted by Crippen LogP contribution is -2.23. The molecule has 0 saturated heterocycles. The first-order valence-corrected chi connectivity index (χ1v) is 6.42. The Morgan fingerprint density at radius 1 is 1.07 bits per heavy atom. The molecule has 2 nitrogen and oxygen atoms in total. The van der Waals surface area contributed by atoms with Crippen LogP contribution in [0, 0.1) is 0 Å². The summed E-state index contributed by atoms with van der Waals surface area (Å²) in [6.45, 7) is 1.74. The molecular weight excluding hydrogens is 208 g/mol. The molecule has 0 unspecified atom stereocenters. The lowest BCUT2D eigenvalue weighted by atomic mass is 10.0. The van der Waals surface area contributed by atoms with Gasteiger partial charge in [-0.05, 0) is 35.4 Å². The summed E-state index contributed by atoms with van der Waals surface area (Å²) in [6, 6.07) is 11.6. The van der Waals surface area contributed by atoms with Crippen LogP contribution in [-0.4, -0.2) is 8.42 Å². The third kappa shape index (κ3) is 1.01. The number of sulfone groups is 1. The van der Waals surface area contributed by atoms with E-state index in [1.54, 1.807) is 13.0 Å². The average molecular weight is 218 g/mol. The number of fused-ring (bicyclic) bond motifs is 2. The highest BCUT2D eigenvalue weighted by molar-refractivity contribution is 7.93. The largest absolute Gasteiger partial charge is 0.223 e. The van der Waals surface area contributed by atoms with Crippen molar-refractivity contribution in [3.8, 4) is 0 Å². The van der Waals surface area contributed by atoms with Crippen LogP contribution in [-0.2, 0) is 9.84 Å². The van der Waals surface area contributed by atoms with Crippen molar-refractivity contribution in [3.05, 3.63) is 42.0 Å². The predicted molar refractivity (Wildman–Crippen MR) is 59.5 cm³/mol. The van der Waals surface area contributed by atoms with E-state index in [0.717, 1.165) is 16.3 Å². The normalized spacial score (nSPS) is 22.1.